The fourth-order valence-corrected chi connectivity index (χ4v) is 3.33. The normalized spacial score (nSPS) is 28.2. The highest BCUT2D eigenvalue weighted by Gasteiger charge is 2.25. The monoisotopic (exact) mass is 224 g/mol. The maximum Gasteiger partial charge on any atom is 0.0960 e. The Morgan fingerprint density at radius 3 is 2.93 bits per heavy atom. The minimum absolute atomic E-state index is 0.383. The fourth-order valence-electron chi connectivity index (χ4n) is 2.27. The van der Waals surface area contributed by atoms with E-state index in [2.05, 4.69) is 24.5 Å². The van der Waals surface area contributed by atoms with Crippen LogP contribution in [0.3, 0.4) is 0 Å². The van der Waals surface area contributed by atoms with Crippen molar-refractivity contribution in [1.82, 2.24) is 10.3 Å². The van der Waals surface area contributed by atoms with E-state index in [4.69, 9.17) is 4.98 Å². The van der Waals surface area contributed by atoms with Gasteiger partial charge >= 0.3 is 0 Å². The summed E-state index contributed by atoms with van der Waals surface area (Å²) in [7, 11) is 1.99. The molecule has 2 rings (SSSR count). The smallest absolute Gasteiger partial charge is 0.0960 e. The van der Waals surface area contributed by atoms with E-state index in [9.17, 15) is 0 Å². The third kappa shape index (κ3) is 2.40. The molecule has 0 aromatic carbocycles. The molecule has 1 aliphatic rings. The summed E-state index contributed by atoms with van der Waals surface area (Å²) >= 11 is 1.84. The lowest BCUT2D eigenvalue weighted by Gasteiger charge is -2.07. The molecule has 0 bridgehead atoms. The Kier molecular flexibility index (Phi) is 3.42. The van der Waals surface area contributed by atoms with Crippen molar-refractivity contribution in [3.8, 4) is 0 Å². The molecule has 1 saturated carbocycles. The van der Waals surface area contributed by atoms with Crippen LogP contribution in [0.4, 0.5) is 0 Å². The number of nitrogens with one attached hydrogen (secondary N) is 1. The molecule has 1 aromatic rings. The van der Waals surface area contributed by atoms with E-state index in [1.54, 1.807) is 0 Å². The van der Waals surface area contributed by atoms with Gasteiger partial charge in [0.25, 0.3) is 0 Å². The summed E-state index contributed by atoms with van der Waals surface area (Å²) in [5.41, 5.74) is 1.21. The van der Waals surface area contributed by atoms with Crippen molar-refractivity contribution in [3.63, 3.8) is 0 Å². The zero-order chi connectivity index (χ0) is 10.8. The van der Waals surface area contributed by atoms with Crippen LogP contribution in [-0.2, 0) is 0 Å². The molecule has 3 unspecified atom stereocenters. The molecule has 84 valence electrons. The molecule has 0 saturated heterocycles. The van der Waals surface area contributed by atoms with Crippen LogP contribution in [0.5, 0.6) is 0 Å². The van der Waals surface area contributed by atoms with Crippen molar-refractivity contribution in [2.45, 2.75) is 45.1 Å². The number of hydrogen-bond acceptors (Lipinski definition) is 3. The summed E-state index contributed by atoms with van der Waals surface area (Å²) in [6.07, 6.45) is 4.05. The Balaban J connectivity index is 2.07. The average molecular weight is 224 g/mol. The highest BCUT2D eigenvalue weighted by molar-refractivity contribution is 7.09. The van der Waals surface area contributed by atoms with Crippen molar-refractivity contribution in [2.75, 3.05) is 7.05 Å². The zero-order valence-electron chi connectivity index (χ0n) is 9.79. The lowest BCUT2D eigenvalue weighted by atomic mass is 10.1. The lowest BCUT2D eigenvalue weighted by molar-refractivity contribution is 0.591. The van der Waals surface area contributed by atoms with E-state index in [0.29, 0.717) is 6.04 Å². The molecule has 3 atom stereocenters. The third-order valence-electron chi connectivity index (χ3n) is 3.46. The molecule has 1 N–H and O–H groups in total. The molecule has 0 spiro atoms. The van der Waals surface area contributed by atoms with Crippen molar-refractivity contribution in [1.29, 1.82) is 0 Å². The second kappa shape index (κ2) is 4.62. The molecular formula is C12H20N2S. The van der Waals surface area contributed by atoms with Crippen LogP contribution < -0.4 is 5.32 Å². The number of thiazole rings is 1. The van der Waals surface area contributed by atoms with Gasteiger partial charge in [0.2, 0.25) is 0 Å². The van der Waals surface area contributed by atoms with E-state index in [1.165, 1.54) is 30.0 Å². The van der Waals surface area contributed by atoms with Gasteiger partial charge in [-0.25, -0.2) is 4.98 Å². The van der Waals surface area contributed by atoms with Crippen LogP contribution in [0, 0.1) is 5.92 Å². The van der Waals surface area contributed by atoms with E-state index >= 15 is 0 Å². The zero-order valence-corrected chi connectivity index (χ0v) is 10.6. The summed E-state index contributed by atoms with van der Waals surface area (Å²) in [5.74, 6) is 1.63. The molecular weight excluding hydrogens is 204 g/mol. The highest BCUT2D eigenvalue weighted by atomic mass is 32.1. The predicted octanol–water partition coefficient (Wildman–Crippen LogP) is 3.33. The number of aromatic nitrogens is 1. The van der Waals surface area contributed by atoms with Crippen molar-refractivity contribution in [3.05, 3.63) is 16.1 Å². The quantitative estimate of drug-likeness (QED) is 0.852. The van der Waals surface area contributed by atoms with Gasteiger partial charge < -0.3 is 5.32 Å². The Morgan fingerprint density at radius 2 is 2.33 bits per heavy atom. The first-order valence-electron chi connectivity index (χ1n) is 5.83. The maximum atomic E-state index is 4.75. The third-order valence-corrected chi connectivity index (χ3v) is 4.49. The van der Waals surface area contributed by atoms with Gasteiger partial charge in [0, 0.05) is 17.3 Å². The van der Waals surface area contributed by atoms with Crippen LogP contribution >= 0.6 is 11.3 Å². The predicted molar refractivity (Wildman–Crippen MR) is 65.3 cm³/mol. The Bertz CT molecular complexity index is 321. The van der Waals surface area contributed by atoms with Gasteiger partial charge in [0.05, 0.1) is 10.7 Å². The molecule has 0 amide bonds. The Hall–Kier alpha value is -0.410. The van der Waals surface area contributed by atoms with E-state index in [1.807, 2.05) is 18.4 Å². The van der Waals surface area contributed by atoms with Gasteiger partial charge in [0.15, 0.2) is 0 Å². The lowest BCUT2D eigenvalue weighted by Crippen LogP contribution is -2.12. The molecule has 1 aliphatic carbocycles. The molecule has 1 heterocycles. The fraction of sp³-hybridized carbons (Fsp3) is 0.750. The molecule has 3 heteroatoms. The first-order valence-corrected chi connectivity index (χ1v) is 6.71. The highest BCUT2D eigenvalue weighted by Crippen LogP contribution is 2.39. The van der Waals surface area contributed by atoms with Crippen molar-refractivity contribution < 1.29 is 0 Å². The molecule has 15 heavy (non-hydrogen) atoms. The topological polar surface area (TPSA) is 24.9 Å². The second-order valence-electron chi connectivity index (χ2n) is 4.74. The molecule has 1 fully saturated rings. The van der Waals surface area contributed by atoms with Crippen molar-refractivity contribution >= 4 is 11.3 Å². The molecule has 0 radical (unpaired) electrons. The molecule has 2 nitrogen and oxygen atoms in total. The average Bonchev–Trinajstić information content (AvgIpc) is 2.84. The largest absolute Gasteiger partial charge is 0.312 e. The van der Waals surface area contributed by atoms with Gasteiger partial charge in [-0.3, -0.25) is 0 Å². The summed E-state index contributed by atoms with van der Waals surface area (Å²) in [6.45, 7) is 4.51. The number of nitrogens with zero attached hydrogens (tertiary/aromatic N) is 1. The summed E-state index contributed by atoms with van der Waals surface area (Å²) in [5, 5.41) is 6.80. The second-order valence-corrected chi connectivity index (χ2v) is 5.63. The summed E-state index contributed by atoms with van der Waals surface area (Å²) in [6, 6.07) is 0.383. The van der Waals surface area contributed by atoms with Gasteiger partial charge in [0.1, 0.15) is 0 Å². The van der Waals surface area contributed by atoms with Gasteiger partial charge in [-0.2, -0.15) is 0 Å². The number of hydrogen-bond donors (Lipinski definition) is 1. The van der Waals surface area contributed by atoms with E-state index < -0.39 is 0 Å². The van der Waals surface area contributed by atoms with Gasteiger partial charge in [-0.05, 0) is 32.7 Å². The standard InChI is InChI=1S/C12H20N2S/c1-8-4-5-10(6-8)12-14-11(7-15-12)9(2)13-3/h7-10,13H,4-6H2,1-3H3. The number of rotatable bonds is 3. The van der Waals surface area contributed by atoms with E-state index in [0.717, 1.165) is 11.8 Å². The van der Waals surface area contributed by atoms with Crippen molar-refractivity contribution in [2.24, 2.45) is 5.92 Å². The van der Waals surface area contributed by atoms with Gasteiger partial charge in [-0.15, -0.1) is 11.3 Å². The first kappa shape index (κ1) is 11.1. The molecule has 0 aliphatic heterocycles. The summed E-state index contributed by atoms with van der Waals surface area (Å²) < 4.78 is 0. The summed E-state index contributed by atoms with van der Waals surface area (Å²) in [4.78, 5) is 4.75. The van der Waals surface area contributed by atoms with Crippen LogP contribution in [0.25, 0.3) is 0 Å². The van der Waals surface area contributed by atoms with E-state index in [-0.39, 0.29) is 0 Å². The van der Waals surface area contributed by atoms with Crippen LogP contribution in [-0.4, -0.2) is 12.0 Å². The minimum Gasteiger partial charge on any atom is -0.312 e. The van der Waals surface area contributed by atoms with Crippen LogP contribution in [0.2, 0.25) is 0 Å². The Morgan fingerprint density at radius 1 is 1.53 bits per heavy atom. The minimum atomic E-state index is 0.383. The SMILES string of the molecule is CNC(C)c1csc(C2CCC(C)C2)n1. The molecule has 1 aromatic heterocycles. The maximum absolute atomic E-state index is 4.75. The van der Waals surface area contributed by atoms with Crippen LogP contribution in [0.15, 0.2) is 5.38 Å². The first-order chi connectivity index (χ1) is 7.20. The van der Waals surface area contributed by atoms with Gasteiger partial charge in [-0.1, -0.05) is 13.3 Å². The van der Waals surface area contributed by atoms with Crippen LogP contribution in [0.1, 0.15) is 55.8 Å². The Labute approximate surface area is 96.1 Å².